The van der Waals surface area contributed by atoms with Gasteiger partial charge < -0.3 is 4.74 Å². The Labute approximate surface area is 102 Å². The molecule has 90 valence electrons. The van der Waals surface area contributed by atoms with Crippen LogP contribution in [0.15, 0.2) is 0 Å². The molecule has 0 fully saturated rings. The van der Waals surface area contributed by atoms with Gasteiger partial charge in [0.05, 0.1) is 6.61 Å². The molecule has 1 atom stereocenters. The van der Waals surface area contributed by atoms with E-state index in [9.17, 15) is 4.79 Å². The Hall–Kier alpha value is -0.0500. The molecule has 0 bridgehead atoms. The zero-order valence-electron chi connectivity index (χ0n) is 10.3. The van der Waals surface area contributed by atoms with Gasteiger partial charge in [0.2, 0.25) is 0 Å². The van der Waals surface area contributed by atoms with Crippen molar-refractivity contribution in [2.75, 3.05) is 11.9 Å². The number of carbonyl (C=O) groups is 1. The van der Waals surface area contributed by atoms with E-state index in [4.69, 9.17) is 4.74 Å². The fourth-order valence-corrected chi connectivity index (χ4v) is 2.00. The van der Waals surface area contributed by atoms with Crippen molar-refractivity contribution in [3.63, 3.8) is 0 Å². The maximum Gasteiger partial charge on any atom is 0.305 e. The summed E-state index contributed by atoms with van der Waals surface area (Å²) in [5.41, 5.74) is 0.222. The zero-order valence-corrected chi connectivity index (χ0v) is 11.9. The summed E-state index contributed by atoms with van der Waals surface area (Å²) in [5.74, 6) is 0.583. The lowest BCUT2D eigenvalue weighted by molar-refractivity contribution is -0.143. The van der Waals surface area contributed by atoms with Crippen molar-refractivity contribution in [1.82, 2.24) is 0 Å². The van der Waals surface area contributed by atoms with Gasteiger partial charge in [-0.1, -0.05) is 36.7 Å². The summed E-state index contributed by atoms with van der Waals surface area (Å²) in [5, 5.41) is 1.02. The third-order valence-electron chi connectivity index (χ3n) is 2.48. The first-order chi connectivity index (χ1) is 6.91. The van der Waals surface area contributed by atoms with Crippen LogP contribution in [0.4, 0.5) is 0 Å². The van der Waals surface area contributed by atoms with E-state index in [1.165, 1.54) is 0 Å². The number of hydrogen-bond acceptors (Lipinski definition) is 2. The molecule has 0 spiro atoms. The molecule has 0 radical (unpaired) electrons. The molecule has 15 heavy (non-hydrogen) atoms. The summed E-state index contributed by atoms with van der Waals surface area (Å²) < 4.78 is 4.92. The largest absolute Gasteiger partial charge is 0.466 e. The van der Waals surface area contributed by atoms with Crippen LogP contribution in [0.5, 0.6) is 0 Å². The molecule has 0 aliphatic carbocycles. The van der Waals surface area contributed by atoms with Crippen molar-refractivity contribution < 1.29 is 9.53 Å². The third-order valence-corrected chi connectivity index (χ3v) is 3.58. The maximum atomic E-state index is 11.2. The van der Waals surface area contributed by atoms with E-state index < -0.39 is 0 Å². The number of hydrogen-bond donors (Lipinski definition) is 0. The molecule has 1 unspecified atom stereocenters. The predicted octanol–water partition coefficient (Wildman–Crippen LogP) is 3.78. The SMILES string of the molecule is CCOC(=O)CCC(C)(C)CC(C)CBr. The average Bonchev–Trinajstić information content (AvgIpc) is 2.15. The van der Waals surface area contributed by atoms with Crippen LogP contribution >= 0.6 is 15.9 Å². The van der Waals surface area contributed by atoms with Crippen LogP contribution in [0.25, 0.3) is 0 Å². The number of rotatable bonds is 7. The van der Waals surface area contributed by atoms with E-state index in [1.54, 1.807) is 0 Å². The van der Waals surface area contributed by atoms with Crippen LogP contribution in [0.1, 0.15) is 47.0 Å². The molecule has 3 heteroatoms. The molecular weight excluding hydrogens is 256 g/mol. The summed E-state index contributed by atoms with van der Waals surface area (Å²) in [4.78, 5) is 11.2. The molecule has 2 nitrogen and oxygen atoms in total. The van der Waals surface area contributed by atoms with Crippen LogP contribution in [-0.2, 0) is 9.53 Å². The average molecular weight is 279 g/mol. The Kier molecular flexibility index (Phi) is 7.24. The molecule has 0 N–H and O–H groups in total. The molecule has 0 amide bonds. The maximum absolute atomic E-state index is 11.2. The van der Waals surface area contributed by atoms with E-state index >= 15 is 0 Å². The van der Waals surface area contributed by atoms with Gasteiger partial charge in [-0.15, -0.1) is 0 Å². The van der Waals surface area contributed by atoms with Gasteiger partial charge in [-0.25, -0.2) is 0 Å². The molecule has 0 aromatic carbocycles. The van der Waals surface area contributed by atoms with Gasteiger partial charge in [0.15, 0.2) is 0 Å². The lowest BCUT2D eigenvalue weighted by Gasteiger charge is -2.26. The smallest absolute Gasteiger partial charge is 0.305 e. The van der Waals surface area contributed by atoms with Crippen LogP contribution in [0.3, 0.4) is 0 Å². The minimum absolute atomic E-state index is 0.0722. The van der Waals surface area contributed by atoms with Gasteiger partial charge >= 0.3 is 5.97 Å². The van der Waals surface area contributed by atoms with Gasteiger partial charge in [0.1, 0.15) is 0 Å². The summed E-state index contributed by atoms with van der Waals surface area (Å²) in [6.07, 6.45) is 2.58. The van der Waals surface area contributed by atoms with Crippen LogP contribution in [0.2, 0.25) is 0 Å². The molecule has 0 saturated heterocycles. The first kappa shape index (κ1) is 14.9. The van der Waals surface area contributed by atoms with Gasteiger partial charge in [0.25, 0.3) is 0 Å². The van der Waals surface area contributed by atoms with E-state index in [2.05, 4.69) is 36.7 Å². The highest BCUT2D eigenvalue weighted by Gasteiger charge is 2.22. The number of alkyl halides is 1. The topological polar surface area (TPSA) is 26.3 Å². The zero-order chi connectivity index (χ0) is 11.9. The lowest BCUT2D eigenvalue weighted by Crippen LogP contribution is -2.18. The number of ether oxygens (including phenoxy) is 1. The Bertz CT molecular complexity index is 190. The number of esters is 1. The summed E-state index contributed by atoms with van der Waals surface area (Å²) in [6.45, 7) is 8.98. The van der Waals surface area contributed by atoms with Crippen LogP contribution < -0.4 is 0 Å². The Balaban J connectivity index is 3.87. The summed E-state index contributed by atoms with van der Waals surface area (Å²) in [6, 6.07) is 0. The second kappa shape index (κ2) is 7.26. The second-order valence-corrected chi connectivity index (χ2v) is 5.58. The monoisotopic (exact) mass is 278 g/mol. The molecule has 0 heterocycles. The number of carbonyl (C=O) groups excluding carboxylic acids is 1. The normalized spacial score (nSPS) is 13.7. The van der Waals surface area contributed by atoms with Crippen molar-refractivity contribution in [2.45, 2.75) is 47.0 Å². The Morgan fingerprint density at radius 2 is 2.07 bits per heavy atom. The molecule has 0 aliphatic heterocycles. The van der Waals surface area contributed by atoms with Crippen molar-refractivity contribution in [2.24, 2.45) is 11.3 Å². The second-order valence-electron chi connectivity index (χ2n) is 4.93. The van der Waals surface area contributed by atoms with Crippen molar-refractivity contribution in [3.8, 4) is 0 Å². The fourth-order valence-electron chi connectivity index (χ4n) is 1.77. The van der Waals surface area contributed by atoms with Crippen LogP contribution in [-0.4, -0.2) is 17.9 Å². The third kappa shape index (κ3) is 7.83. The summed E-state index contributed by atoms with van der Waals surface area (Å²) in [7, 11) is 0. The lowest BCUT2D eigenvalue weighted by atomic mass is 9.80. The van der Waals surface area contributed by atoms with Crippen molar-refractivity contribution in [3.05, 3.63) is 0 Å². The number of halogens is 1. The highest BCUT2D eigenvalue weighted by molar-refractivity contribution is 9.09. The highest BCUT2D eigenvalue weighted by Crippen LogP contribution is 2.31. The quantitative estimate of drug-likeness (QED) is 0.523. The summed E-state index contributed by atoms with van der Waals surface area (Å²) >= 11 is 3.48. The Morgan fingerprint density at radius 1 is 1.47 bits per heavy atom. The van der Waals surface area contributed by atoms with E-state index in [1.807, 2.05) is 6.92 Å². The van der Waals surface area contributed by atoms with Gasteiger partial charge in [-0.3, -0.25) is 4.79 Å². The minimum Gasteiger partial charge on any atom is -0.466 e. The Morgan fingerprint density at radius 3 is 2.53 bits per heavy atom. The van der Waals surface area contributed by atoms with E-state index in [0.717, 1.165) is 18.2 Å². The molecule has 0 aromatic heterocycles. The van der Waals surface area contributed by atoms with Gasteiger partial charge in [-0.2, -0.15) is 0 Å². The highest BCUT2D eigenvalue weighted by atomic mass is 79.9. The van der Waals surface area contributed by atoms with Crippen molar-refractivity contribution in [1.29, 1.82) is 0 Å². The standard InChI is InChI=1S/C12H23BrO2/c1-5-15-11(14)6-7-12(3,4)8-10(2)9-13/h10H,5-9H2,1-4H3. The first-order valence-corrected chi connectivity index (χ1v) is 6.75. The molecule has 0 aromatic rings. The minimum atomic E-state index is -0.0722. The molecule has 0 aliphatic rings. The van der Waals surface area contributed by atoms with Gasteiger partial charge in [-0.05, 0) is 31.1 Å². The molecule has 0 saturated carbocycles. The van der Waals surface area contributed by atoms with Crippen LogP contribution in [0, 0.1) is 11.3 Å². The van der Waals surface area contributed by atoms with E-state index in [-0.39, 0.29) is 11.4 Å². The first-order valence-electron chi connectivity index (χ1n) is 5.63. The molecule has 0 rings (SSSR count). The van der Waals surface area contributed by atoms with Crippen molar-refractivity contribution >= 4 is 21.9 Å². The predicted molar refractivity (Wildman–Crippen MR) is 67.2 cm³/mol. The molecular formula is C12H23BrO2. The van der Waals surface area contributed by atoms with E-state index in [0.29, 0.717) is 18.9 Å². The van der Waals surface area contributed by atoms with Gasteiger partial charge in [0, 0.05) is 11.8 Å². The fraction of sp³-hybridized carbons (Fsp3) is 0.917.